The molecule has 0 bridgehead atoms. The van der Waals surface area contributed by atoms with Crippen molar-refractivity contribution >= 4 is 28.5 Å². The molecule has 37 heavy (non-hydrogen) atoms. The van der Waals surface area contributed by atoms with Crippen molar-refractivity contribution < 1.29 is 9.59 Å². The quantitative estimate of drug-likeness (QED) is 0.330. The van der Waals surface area contributed by atoms with Crippen LogP contribution in [0, 0.1) is 0 Å². The van der Waals surface area contributed by atoms with Crippen LogP contribution in [-0.4, -0.2) is 31.1 Å². The van der Waals surface area contributed by atoms with Gasteiger partial charge in [0.05, 0.1) is 22.3 Å². The van der Waals surface area contributed by atoms with Crippen LogP contribution in [0.25, 0.3) is 16.7 Å². The number of carbonyl (C=O) groups excluding carboxylic acids is 2. The topological polar surface area (TPSA) is 93.8 Å². The summed E-state index contributed by atoms with van der Waals surface area (Å²) in [6.45, 7) is 2.13. The fourth-order valence-electron chi connectivity index (χ4n) is 4.34. The predicted molar refractivity (Wildman–Crippen MR) is 144 cm³/mol. The molecule has 0 radical (unpaired) electrons. The number of fused-ring (bicyclic) bond motifs is 1. The van der Waals surface area contributed by atoms with Gasteiger partial charge in [-0.3, -0.25) is 9.59 Å². The molecule has 3 aromatic carbocycles. The standard InChI is InChI=1S/C29H28N6O2/c1-3-27(36)32-22-17-24(28-25(18-22)33-26(34(28)2)16-20-9-5-4-6-10-20)29(37)30-19-21-11-7-12-23(15-21)35-14-8-13-31-35/h4-15,17-18H,3,16,19H2,1-2H3,(H,30,37)(H,32,36). The van der Waals surface area contributed by atoms with Crippen molar-refractivity contribution in [2.24, 2.45) is 7.05 Å². The van der Waals surface area contributed by atoms with Gasteiger partial charge in [0.15, 0.2) is 0 Å². The molecule has 8 nitrogen and oxygen atoms in total. The Kier molecular flexibility index (Phi) is 6.81. The van der Waals surface area contributed by atoms with Crippen LogP contribution in [0.5, 0.6) is 0 Å². The highest BCUT2D eigenvalue weighted by atomic mass is 16.2. The molecule has 0 spiro atoms. The van der Waals surface area contributed by atoms with Gasteiger partial charge < -0.3 is 15.2 Å². The zero-order valence-electron chi connectivity index (χ0n) is 20.8. The minimum Gasteiger partial charge on any atom is -0.348 e. The maximum absolute atomic E-state index is 13.5. The van der Waals surface area contributed by atoms with Crippen molar-refractivity contribution in [1.82, 2.24) is 24.6 Å². The second kappa shape index (κ2) is 10.5. The van der Waals surface area contributed by atoms with Gasteiger partial charge in [0.2, 0.25) is 5.91 Å². The van der Waals surface area contributed by atoms with E-state index in [0.29, 0.717) is 36.2 Å². The first kappa shape index (κ1) is 24.0. The third kappa shape index (κ3) is 5.28. The molecule has 186 valence electrons. The van der Waals surface area contributed by atoms with Crippen LogP contribution >= 0.6 is 0 Å². The summed E-state index contributed by atoms with van der Waals surface area (Å²) in [6.07, 6.45) is 4.57. The van der Waals surface area contributed by atoms with Gasteiger partial charge in [-0.05, 0) is 41.5 Å². The van der Waals surface area contributed by atoms with Crippen molar-refractivity contribution in [3.63, 3.8) is 0 Å². The van der Waals surface area contributed by atoms with Crippen LogP contribution < -0.4 is 10.6 Å². The van der Waals surface area contributed by atoms with E-state index in [2.05, 4.69) is 27.9 Å². The van der Waals surface area contributed by atoms with E-state index in [9.17, 15) is 9.59 Å². The van der Waals surface area contributed by atoms with Crippen molar-refractivity contribution in [1.29, 1.82) is 0 Å². The molecule has 0 aliphatic rings. The molecule has 0 saturated heterocycles. The Morgan fingerprint density at radius 1 is 0.946 bits per heavy atom. The van der Waals surface area contributed by atoms with E-state index in [1.54, 1.807) is 23.9 Å². The molecular weight excluding hydrogens is 464 g/mol. The van der Waals surface area contributed by atoms with E-state index in [4.69, 9.17) is 4.98 Å². The maximum atomic E-state index is 13.5. The van der Waals surface area contributed by atoms with Crippen LogP contribution in [0.4, 0.5) is 5.69 Å². The first-order valence-corrected chi connectivity index (χ1v) is 12.2. The number of anilines is 1. The molecule has 0 saturated carbocycles. The number of amides is 2. The number of nitrogens with zero attached hydrogens (tertiary/aromatic N) is 4. The SMILES string of the molecule is CCC(=O)Nc1cc(C(=O)NCc2cccc(-n3cccn3)c2)c2c(c1)nc(Cc1ccccc1)n2C. The molecule has 0 aliphatic carbocycles. The number of imidazole rings is 1. The lowest BCUT2D eigenvalue weighted by Gasteiger charge is -2.12. The minimum atomic E-state index is -0.239. The molecule has 0 aliphatic heterocycles. The van der Waals surface area contributed by atoms with Gasteiger partial charge in [-0.25, -0.2) is 9.67 Å². The first-order chi connectivity index (χ1) is 18.0. The van der Waals surface area contributed by atoms with E-state index in [1.807, 2.05) is 72.4 Å². The number of aromatic nitrogens is 4. The number of hydrogen-bond donors (Lipinski definition) is 2. The normalized spacial score (nSPS) is 11.0. The van der Waals surface area contributed by atoms with E-state index >= 15 is 0 Å². The van der Waals surface area contributed by atoms with Gasteiger partial charge >= 0.3 is 0 Å². The zero-order chi connectivity index (χ0) is 25.8. The van der Waals surface area contributed by atoms with Crippen molar-refractivity contribution in [3.05, 3.63) is 108 Å². The van der Waals surface area contributed by atoms with E-state index in [1.165, 1.54) is 0 Å². The van der Waals surface area contributed by atoms with Gasteiger partial charge in [0.25, 0.3) is 5.91 Å². The molecule has 2 N–H and O–H groups in total. The summed E-state index contributed by atoms with van der Waals surface area (Å²) in [7, 11) is 1.92. The summed E-state index contributed by atoms with van der Waals surface area (Å²) < 4.78 is 3.74. The van der Waals surface area contributed by atoms with Crippen LogP contribution in [0.1, 0.15) is 40.7 Å². The van der Waals surface area contributed by atoms with Gasteiger partial charge in [0.1, 0.15) is 5.82 Å². The summed E-state index contributed by atoms with van der Waals surface area (Å²) in [5.74, 6) is 0.471. The molecule has 5 aromatic rings. The second-order valence-corrected chi connectivity index (χ2v) is 8.85. The number of rotatable bonds is 8. The van der Waals surface area contributed by atoms with Crippen LogP contribution in [0.3, 0.4) is 0 Å². The Balaban J connectivity index is 1.46. The smallest absolute Gasteiger partial charge is 0.253 e. The largest absolute Gasteiger partial charge is 0.348 e. The number of hydrogen-bond acceptors (Lipinski definition) is 4. The van der Waals surface area contributed by atoms with Gasteiger partial charge in [-0.2, -0.15) is 5.10 Å². The average Bonchev–Trinajstić information content (AvgIpc) is 3.56. The Morgan fingerprint density at radius 3 is 2.51 bits per heavy atom. The predicted octanol–water partition coefficient (Wildman–Crippen LogP) is 4.63. The van der Waals surface area contributed by atoms with E-state index in [-0.39, 0.29) is 11.8 Å². The molecule has 0 fully saturated rings. The minimum absolute atomic E-state index is 0.124. The number of benzene rings is 3. The van der Waals surface area contributed by atoms with Gasteiger partial charge in [-0.15, -0.1) is 0 Å². The number of carbonyl (C=O) groups is 2. The first-order valence-electron chi connectivity index (χ1n) is 12.2. The summed E-state index contributed by atoms with van der Waals surface area (Å²) >= 11 is 0. The number of nitrogens with one attached hydrogen (secondary N) is 2. The monoisotopic (exact) mass is 492 g/mol. The Bertz CT molecular complexity index is 1550. The molecule has 5 rings (SSSR count). The van der Waals surface area contributed by atoms with Crippen molar-refractivity contribution in [2.45, 2.75) is 26.3 Å². The van der Waals surface area contributed by atoms with Crippen LogP contribution in [0.2, 0.25) is 0 Å². The fourth-order valence-corrected chi connectivity index (χ4v) is 4.34. The van der Waals surface area contributed by atoms with Crippen LogP contribution in [-0.2, 0) is 24.8 Å². The lowest BCUT2D eigenvalue weighted by molar-refractivity contribution is -0.115. The van der Waals surface area contributed by atoms with E-state index in [0.717, 1.165) is 28.2 Å². The van der Waals surface area contributed by atoms with Crippen molar-refractivity contribution in [3.8, 4) is 5.69 Å². The fraction of sp³-hybridized carbons (Fsp3) is 0.172. The molecule has 0 atom stereocenters. The molecule has 2 amide bonds. The molecule has 0 unspecified atom stereocenters. The number of aryl methyl sites for hydroxylation is 1. The van der Waals surface area contributed by atoms with Crippen molar-refractivity contribution in [2.75, 3.05) is 5.32 Å². The molecule has 2 heterocycles. The van der Waals surface area contributed by atoms with Gasteiger partial charge in [0, 0.05) is 44.5 Å². The van der Waals surface area contributed by atoms with Crippen LogP contribution in [0.15, 0.2) is 85.2 Å². The lowest BCUT2D eigenvalue weighted by Crippen LogP contribution is -2.24. The summed E-state index contributed by atoms with van der Waals surface area (Å²) in [6, 6.07) is 23.3. The second-order valence-electron chi connectivity index (χ2n) is 8.85. The molecular formula is C29H28N6O2. The third-order valence-electron chi connectivity index (χ3n) is 6.25. The highest BCUT2D eigenvalue weighted by molar-refractivity contribution is 6.07. The molecule has 2 aromatic heterocycles. The Hall–Kier alpha value is -4.72. The summed E-state index contributed by atoms with van der Waals surface area (Å²) in [5.41, 5.74) is 5.39. The van der Waals surface area contributed by atoms with Gasteiger partial charge in [-0.1, -0.05) is 49.4 Å². The molecule has 8 heteroatoms. The third-order valence-corrected chi connectivity index (χ3v) is 6.25. The Morgan fingerprint density at radius 2 is 1.76 bits per heavy atom. The average molecular weight is 493 g/mol. The maximum Gasteiger partial charge on any atom is 0.253 e. The highest BCUT2D eigenvalue weighted by Gasteiger charge is 2.19. The lowest BCUT2D eigenvalue weighted by atomic mass is 10.1. The van der Waals surface area contributed by atoms with E-state index < -0.39 is 0 Å². The Labute approximate surface area is 215 Å². The highest BCUT2D eigenvalue weighted by Crippen LogP contribution is 2.26. The summed E-state index contributed by atoms with van der Waals surface area (Å²) in [4.78, 5) is 30.4. The summed E-state index contributed by atoms with van der Waals surface area (Å²) in [5, 5.41) is 10.2. The zero-order valence-corrected chi connectivity index (χ0v) is 20.8.